The third kappa shape index (κ3) is 1.77. The summed E-state index contributed by atoms with van der Waals surface area (Å²) >= 11 is 0. The van der Waals surface area contributed by atoms with Gasteiger partial charge in [0.25, 0.3) is 0 Å². The molecule has 0 spiro atoms. The fraction of sp³-hybridized carbons (Fsp3) is 0.250. The van der Waals surface area contributed by atoms with Crippen molar-refractivity contribution < 1.29 is 9.90 Å². The number of nitrogens with zero attached hydrogens (tertiary/aromatic N) is 1. The van der Waals surface area contributed by atoms with Crippen LogP contribution in [0.15, 0.2) is 18.2 Å². The van der Waals surface area contributed by atoms with E-state index in [1.54, 1.807) is 6.07 Å². The third-order valence-electron chi connectivity index (χ3n) is 1.39. The molecule has 0 aliphatic heterocycles. The normalized spacial score (nSPS) is 9.55. The Hall–Kier alpha value is -1.38. The number of hydrogen-bond acceptors (Lipinski definition) is 2. The number of aromatic carboxylic acids is 1. The lowest BCUT2D eigenvalue weighted by atomic mass is 10.2. The van der Waals surface area contributed by atoms with Crippen molar-refractivity contribution in [1.82, 2.24) is 4.98 Å². The molecule has 0 aliphatic carbocycles. The number of rotatable bonds is 2. The SMILES string of the molecule is CCc1cccc(C(=O)O)n1. The third-order valence-corrected chi connectivity index (χ3v) is 1.39. The van der Waals surface area contributed by atoms with Crippen LogP contribution in [0.3, 0.4) is 0 Å². The lowest BCUT2D eigenvalue weighted by molar-refractivity contribution is 0.0690. The van der Waals surface area contributed by atoms with Gasteiger partial charge in [-0.2, -0.15) is 0 Å². The van der Waals surface area contributed by atoms with Crippen molar-refractivity contribution in [2.75, 3.05) is 0 Å². The smallest absolute Gasteiger partial charge is 0.354 e. The van der Waals surface area contributed by atoms with Crippen LogP contribution >= 0.6 is 0 Å². The molecular formula is C8H9NO2. The molecule has 0 bridgehead atoms. The molecule has 0 radical (unpaired) electrons. The van der Waals surface area contributed by atoms with E-state index in [2.05, 4.69) is 4.98 Å². The van der Waals surface area contributed by atoms with Gasteiger partial charge in [-0.05, 0) is 18.6 Å². The number of carboxylic acid groups (broad SMARTS) is 1. The Labute approximate surface area is 64.7 Å². The maximum atomic E-state index is 10.4. The first-order valence-corrected chi connectivity index (χ1v) is 3.43. The molecule has 1 heterocycles. The number of aryl methyl sites for hydroxylation is 1. The molecular weight excluding hydrogens is 142 g/mol. The van der Waals surface area contributed by atoms with E-state index in [-0.39, 0.29) is 5.69 Å². The van der Waals surface area contributed by atoms with Crippen LogP contribution in [0.5, 0.6) is 0 Å². The molecule has 58 valence electrons. The Kier molecular flexibility index (Phi) is 2.21. The van der Waals surface area contributed by atoms with Crippen molar-refractivity contribution in [2.45, 2.75) is 13.3 Å². The Bertz CT molecular complexity index is 271. The fourth-order valence-electron chi connectivity index (χ4n) is 0.796. The van der Waals surface area contributed by atoms with Crippen LogP contribution in [0.2, 0.25) is 0 Å². The van der Waals surface area contributed by atoms with Crippen LogP contribution in [0.25, 0.3) is 0 Å². The number of carbonyl (C=O) groups is 1. The monoisotopic (exact) mass is 151 g/mol. The van der Waals surface area contributed by atoms with E-state index in [0.29, 0.717) is 0 Å². The molecule has 1 aromatic rings. The largest absolute Gasteiger partial charge is 0.477 e. The Morgan fingerprint density at radius 1 is 1.64 bits per heavy atom. The molecule has 0 amide bonds. The first-order valence-electron chi connectivity index (χ1n) is 3.43. The number of carboxylic acids is 1. The average Bonchev–Trinajstić information content (AvgIpc) is 2.05. The summed E-state index contributed by atoms with van der Waals surface area (Å²) < 4.78 is 0. The van der Waals surface area contributed by atoms with Crippen LogP contribution in [0.4, 0.5) is 0 Å². The molecule has 0 atom stereocenters. The van der Waals surface area contributed by atoms with Gasteiger partial charge in [0.2, 0.25) is 0 Å². The van der Waals surface area contributed by atoms with Gasteiger partial charge in [-0.3, -0.25) is 0 Å². The first-order chi connectivity index (χ1) is 5.24. The molecule has 1 N–H and O–H groups in total. The number of aromatic nitrogens is 1. The predicted molar refractivity (Wildman–Crippen MR) is 40.6 cm³/mol. The Balaban J connectivity index is 3.01. The van der Waals surface area contributed by atoms with Crippen LogP contribution < -0.4 is 0 Å². The Morgan fingerprint density at radius 2 is 2.36 bits per heavy atom. The van der Waals surface area contributed by atoms with Gasteiger partial charge in [-0.25, -0.2) is 9.78 Å². The molecule has 0 aliphatic rings. The second kappa shape index (κ2) is 3.14. The molecule has 3 nitrogen and oxygen atoms in total. The summed E-state index contributed by atoms with van der Waals surface area (Å²) in [5.74, 6) is -0.972. The summed E-state index contributed by atoms with van der Waals surface area (Å²) in [6, 6.07) is 5.00. The van der Waals surface area contributed by atoms with Gasteiger partial charge in [0.15, 0.2) is 0 Å². The summed E-state index contributed by atoms with van der Waals surface area (Å²) in [5, 5.41) is 8.54. The van der Waals surface area contributed by atoms with Gasteiger partial charge in [0.05, 0.1) is 0 Å². The summed E-state index contributed by atoms with van der Waals surface area (Å²) in [6.45, 7) is 1.94. The summed E-state index contributed by atoms with van der Waals surface area (Å²) in [5.41, 5.74) is 0.925. The second-order valence-corrected chi connectivity index (χ2v) is 2.17. The van der Waals surface area contributed by atoms with E-state index in [0.717, 1.165) is 12.1 Å². The maximum absolute atomic E-state index is 10.4. The highest BCUT2D eigenvalue weighted by molar-refractivity contribution is 5.85. The highest BCUT2D eigenvalue weighted by Gasteiger charge is 2.02. The van der Waals surface area contributed by atoms with E-state index in [4.69, 9.17) is 5.11 Å². The van der Waals surface area contributed by atoms with Gasteiger partial charge in [-0.1, -0.05) is 13.0 Å². The Morgan fingerprint density at radius 3 is 2.91 bits per heavy atom. The van der Waals surface area contributed by atoms with Crippen molar-refractivity contribution >= 4 is 5.97 Å². The van der Waals surface area contributed by atoms with Crippen molar-refractivity contribution in [3.8, 4) is 0 Å². The molecule has 0 saturated carbocycles. The van der Waals surface area contributed by atoms with Crippen LogP contribution in [0, 0.1) is 0 Å². The molecule has 3 heteroatoms. The minimum absolute atomic E-state index is 0.115. The molecule has 11 heavy (non-hydrogen) atoms. The zero-order valence-corrected chi connectivity index (χ0v) is 6.24. The summed E-state index contributed by atoms with van der Waals surface area (Å²) in [4.78, 5) is 14.3. The minimum Gasteiger partial charge on any atom is -0.477 e. The fourth-order valence-corrected chi connectivity index (χ4v) is 0.796. The highest BCUT2D eigenvalue weighted by atomic mass is 16.4. The zero-order valence-electron chi connectivity index (χ0n) is 6.24. The highest BCUT2D eigenvalue weighted by Crippen LogP contribution is 1.99. The standard InChI is InChI=1S/C8H9NO2/c1-2-6-4-3-5-7(9-6)8(10)11/h3-5H,2H2,1H3,(H,10,11). The molecule has 0 unspecified atom stereocenters. The van der Waals surface area contributed by atoms with E-state index in [1.807, 2.05) is 13.0 Å². The van der Waals surface area contributed by atoms with Crippen LogP contribution in [0.1, 0.15) is 23.1 Å². The summed E-state index contributed by atoms with van der Waals surface area (Å²) in [6.07, 6.45) is 0.765. The molecule has 0 fully saturated rings. The van der Waals surface area contributed by atoms with Gasteiger partial charge < -0.3 is 5.11 Å². The number of pyridine rings is 1. The van der Waals surface area contributed by atoms with E-state index in [1.165, 1.54) is 6.07 Å². The van der Waals surface area contributed by atoms with Gasteiger partial charge >= 0.3 is 5.97 Å². The van der Waals surface area contributed by atoms with Crippen LogP contribution in [-0.4, -0.2) is 16.1 Å². The average molecular weight is 151 g/mol. The molecule has 0 saturated heterocycles. The topological polar surface area (TPSA) is 50.2 Å². The van der Waals surface area contributed by atoms with Gasteiger partial charge in [0, 0.05) is 5.69 Å². The van der Waals surface area contributed by atoms with Crippen molar-refractivity contribution in [3.63, 3.8) is 0 Å². The van der Waals surface area contributed by atoms with Crippen molar-refractivity contribution in [2.24, 2.45) is 0 Å². The number of hydrogen-bond donors (Lipinski definition) is 1. The zero-order chi connectivity index (χ0) is 8.27. The predicted octanol–water partition coefficient (Wildman–Crippen LogP) is 1.34. The van der Waals surface area contributed by atoms with Crippen molar-refractivity contribution in [1.29, 1.82) is 0 Å². The van der Waals surface area contributed by atoms with E-state index >= 15 is 0 Å². The quantitative estimate of drug-likeness (QED) is 0.693. The first kappa shape index (κ1) is 7.72. The van der Waals surface area contributed by atoms with Gasteiger partial charge in [-0.15, -0.1) is 0 Å². The van der Waals surface area contributed by atoms with Crippen molar-refractivity contribution in [3.05, 3.63) is 29.6 Å². The molecule has 1 aromatic heterocycles. The van der Waals surface area contributed by atoms with Crippen LogP contribution in [-0.2, 0) is 6.42 Å². The lowest BCUT2D eigenvalue weighted by Gasteiger charge is -1.96. The molecule has 1 rings (SSSR count). The lowest BCUT2D eigenvalue weighted by Crippen LogP contribution is -2.01. The summed E-state index contributed by atoms with van der Waals surface area (Å²) in [7, 11) is 0. The maximum Gasteiger partial charge on any atom is 0.354 e. The van der Waals surface area contributed by atoms with Gasteiger partial charge in [0.1, 0.15) is 5.69 Å². The van der Waals surface area contributed by atoms with E-state index in [9.17, 15) is 4.79 Å². The molecule has 0 aromatic carbocycles. The second-order valence-electron chi connectivity index (χ2n) is 2.17. The minimum atomic E-state index is -0.972. The van der Waals surface area contributed by atoms with E-state index < -0.39 is 5.97 Å².